The van der Waals surface area contributed by atoms with Gasteiger partial charge in [-0.25, -0.2) is 0 Å². The molecule has 0 radical (unpaired) electrons. The number of ether oxygens (including phenoxy) is 3. The molecule has 0 bridgehead atoms. The lowest BCUT2D eigenvalue weighted by Crippen LogP contribution is -2.27. The molecule has 0 atom stereocenters. The first kappa shape index (κ1) is 28.8. The van der Waals surface area contributed by atoms with Crippen molar-refractivity contribution in [3.8, 4) is 17.2 Å². The molecule has 0 saturated carbocycles. The number of rotatable bonds is 10. The van der Waals surface area contributed by atoms with Crippen molar-refractivity contribution in [1.29, 1.82) is 0 Å². The molecule has 1 saturated heterocycles. The normalized spacial score (nSPS) is 14.1. The lowest BCUT2D eigenvalue weighted by atomic mass is 10.1. The molecule has 1 aliphatic heterocycles. The molecule has 3 aromatic rings. The van der Waals surface area contributed by atoms with Crippen LogP contribution in [0.2, 0.25) is 10.0 Å². The standard InChI is InChI=1S/C28H24Cl2N2O5S2/c1-3-35-20-9-7-19(8-10-20)32-27(34)25(39-28(32)38)14-17-5-12-23(24(13-17)36-4-2)37-16-26(33)31-22-11-6-18(29)15-21(22)30/h5-15H,3-4,16H2,1-2H3,(H,31,33)/b25-14-. The Hall–Kier alpha value is -3.24. The highest BCUT2D eigenvalue weighted by molar-refractivity contribution is 8.27. The van der Waals surface area contributed by atoms with E-state index < -0.39 is 5.91 Å². The van der Waals surface area contributed by atoms with E-state index in [1.165, 1.54) is 22.7 Å². The SMILES string of the molecule is CCOc1ccc(N2C(=O)/C(=C/c3ccc(OCC(=O)Nc4ccc(Cl)cc4Cl)c(OCC)c3)SC2=S)cc1. The number of thiocarbonyl (C=S) groups is 1. The number of thioether (sulfide) groups is 1. The van der Waals surface area contributed by atoms with E-state index in [0.29, 0.717) is 55.4 Å². The van der Waals surface area contributed by atoms with Crippen LogP contribution in [0.15, 0.2) is 65.6 Å². The van der Waals surface area contributed by atoms with Crippen molar-refractivity contribution in [1.82, 2.24) is 0 Å². The largest absolute Gasteiger partial charge is 0.494 e. The highest BCUT2D eigenvalue weighted by atomic mass is 35.5. The molecule has 0 aliphatic carbocycles. The monoisotopic (exact) mass is 602 g/mol. The van der Waals surface area contributed by atoms with Gasteiger partial charge in [-0.05, 0) is 80.1 Å². The number of carbonyl (C=O) groups is 2. The Morgan fingerprint density at radius 1 is 0.974 bits per heavy atom. The maximum Gasteiger partial charge on any atom is 0.270 e. The fraction of sp³-hybridized carbons (Fsp3) is 0.179. The van der Waals surface area contributed by atoms with Crippen molar-refractivity contribution in [2.75, 3.05) is 30.0 Å². The highest BCUT2D eigenvalue weighted by Crippen LogP contribution is 2.38. The molecule has 39 heavy (non-hydrogen) atoms. The summed E-state index contributed by atoms with van der Waals surface area (Å²) in [6.07, 6.45) is 1.75. The lowest BCUT2D eigenvalue weighted by Gasteiger charge is -2.15. The predicted molar refractivity (Wildman–Crippen MR) is 161 cm³/mol. The fourth-order valence-corrected chi connectivity index (χ4v) is 5.38. The summed E-state index contributed by atoms with van der Waals surface area (Å²) in [5.74, 6) is 0.923. The number of hydrogen-bond acceptors (Lipinski definition) is 7. The molecule has 4 rings (SSSR count). The van der Waals surface area contributed by atoms with Crippen molar-refractivity contribution < 1.29 is 23.8 Å². The Labute approximate surface area is 246 Å². The molecule has 0 unspecified atom stereocenters. The quantitative estimate of drug-likeness (QED) is 0.194. The third kappa shape index (κ3) is 7.24. The number of halogens is 2. The number of benzene rings is 3. The van der Waals surface area contributed by atoms with Gasteiger partial charge >= 0.3 is 0 Å². The van der Waals surface area contributed by atoms with Crippen LogP contribution in [-0.2, 0) is 9.59 Å². The zero-order valence-electron chi connectivity index (χ0n) is 21.0. The van der Waals surface area contributed by atoms with Crippen LogP contribution in [0.25, 0.3) is 6.08 Å². The van der Waals surface area contributed by atoms with Crippen LogP contribution in [0.1, 0.15) is 19.4 Å². The molecule has 1 heterocycles. The number of carbonyl (C=O) groups excluding carboxylic acids is 2. The van der Waals surface area contributed by atoms with Gasteiger partial charge in [-0.15, -0.1) is 0 Å². The van der Waals surface area contributed by atoms with E-state index in [4.69, 9.17) is 49.6 Å². The second-order valence-electron chi connectivity index (χ2n) is 8.04. The first-order valence-electron chi connectivity index (χ1n) is 11.9. The van der Waals surface area contributed by atoms with E-state index in [-0.39, 0.29) is 12.5 Å². The number of amides is 2. The van der Waals surface area contributed by atoms with E-state index in [1.54, 1.807) is 60.7 Å². The summed E-state index contributed by atoms with van der Waals surface area (Å²) in [7, 11) is 0. The van der Waals surface area contributed by atoms with Gasteiger partial charge in [0, 0.05) is 5.02 Å². The molecule has 1 fully saturated rings. The van der Waals surface area contributed by atoms with E-state index in [0.717, 1.165) is 11.3 Å². The number of anilines is 2. The van der Waals surface area contributed by atoms with Crippen LogP contribution in [0.5, 0.6) is 17.2 Å². The summed E-state index contributed by atoms with van der Waals surface area (Å²) >= 11 is 18.7. The van der Waals surface area contributed by atoms with Crippen LogP contribution < -0.4 is 24.4 Å². The predicted octanol–water partition coefficient (Wildman–Crippen LogP) is 7.21. The number of nitrogens with one attached hydrogen (secondary N) is 1. The van der Waals surface area contributed by atoms with Crippen molar-refractivity contribution in [3.05, 3.63) is 81.2 Å². The third-order valence-electron chi connectivity index (χ3n) is 5.33. The van der Waals surface area contributed by atoms with Crippen LogP contribution in [0.4, 0.5) is 11.4 Å². The summed E-state index contributed by atoms with van der Waals surface area (Å²) in [6, 6.07) is 17.2. The summed E-state index contributed by atoms with van der Waals surface area (Å²) in [4.78, 5) is 27.6. The van der Waals surface area contributed by atoms with Crippen molar-refractivity contribution in [3.63, 3.8) is 0 Å². The highest BCUT2D eigenvalue weighted by Gasteiger charge is 2.33. The fourth-order valence-electron chi connectivity index (χ4n) is 3.62. The summed E-state index contributed by atoms with van der Waals surface area (Å²) in [6.45, 7) is 4.42. The molecule has 1 aliphatic rings. The second kappa shape index (κ2) is 13.2. The second-order valence-corrected chi connectivity index (χ2v) is 10.6. The van der Waals surface area contributed by atoms with Gasteiger partial charge in [0.2, 0.25) is 0 Å². The molecule has 11 heteroatoms. The number of hydrogen-bond donors (Lipinski definition) is 1. The van der Waals surface area contributed by atoms with Gasteiger partial charge in [0.25, 0.3) is 11.8 Å². The summed E-state index contributed by atoms with van der Waals surface area (Å²) < 4.78 is 17.4. The van der Waals surface area contributed by atoms with Crippen LogP contribution >= 0.6 is 47.2 Å². The molecule has 0 spiro atoms. The average Bonchev–Trinajstić information content (AvgIpc) is 3.18. The first-order valence-corrected chi connectivity index (χ1v) is 13.9. The molecule has 0 aromatic heterocycles. The molecule has 7 nitrogen and oxygen atoms in total. The van der Waals surface area contributed by atoms with Gasteiger partial charge in [0.15, 0.2) is 22.4 Å². The summed E-state index contributed by atoms with van der Waals surface area (Å²) in [5.41, 5.74) is 1.81. The first-order chi connectivity index (χ1) is 18.8. The molecule has 1 N–H and O–H groups in total. The Morgan fingerprint density at radius 2 is 1.72 bits per heavy atom. The Bertz CT molecular complexity index is 1430. The van der Waals surface area contributed by atoms with Gasteiger partial charge in [-0.1, -0.05) is 53.2 Å². The van der Waals surface area contributed by atoms with Crippen LogP contribution in [0, 0.1) is 0 Å². The zero-order valence-corrected chi connectivity index (χ0v) is 24.2. The van der Waals surface area contributed by atoms with Gasteiger partial charge < -0.3 is 19.5 Å². The van der Waals surface area contributed by atoms with E-state index in [9.17, 15) is 9.59 Å². The minimum atomic E-state index is -0.399. The van der Waals surface area contributed by atoms with E-state index in [1.807, 2.05) is 13.8 Å². The zero-order chi connectivity index (χ0) is 27.9. The van der Waals surface area contributed by atoms with E-state index >= 15 is 0 Å². The molecule has 3 aromatic carbocycles. The molecule has 2 amide bonds. The van der Waals surface area contributed by atoms with Crippen molar-refractivity contribution in [2.45, 2.75) is 13.8 Å². The van der Waals surface area contributed by atoms with Gasteiger partial charge in [-0.3, -0.25) is 14.5 Å². The maximum absolute atomic E-state index is 13.2. The molecular weight excluding hydrogens is 579 g/mol. The van der Waals surface area contributed by atoms with Gasteiger partial charge in [0.05, 0.1) is 34.5 Å². The minimum Gasteiger partial charge on any atom is -0.494 e. The van der Waals surface area contributed by atoms with Crippen LogP contribution in [0.3, 0.4) is 0 Å². The topological polar surface area (TPSA) is 77.1 Å². The van der Waals surface area contributed by atoms with Crippen molar-refractivity contribution >= 4 is 80.8 Å². The van der Waals surface area contributed by atoms with Crippen LogP contribution in [-0.4, -0.2) is 36.0 Å². The Morgan fingerprint density at radius 3 is 2.41 bits per heavy atom. The smallest absolute Gasteiger partial charge is 0.270 e. The summed E-state index contributed by atoms with van der Waals surface area (Å²) in [5, 5.41) is 3.47. The third-order valence-corrected chi connectivity index (χ3v) is 7.18. The minimum absolute atomic E-state index is 0.218. The lowest BCUT2D eigenvalue weighted by molar-refractivity contribution is -0.118. The Kier molecular flexibility index (Phi) is 9.74. The van der Waals surface area contributed by atoms with Gasteiger partial charge in [0.1, 0.15) is 5.75 Å². The Balaban J connectivity index is 1.46. The maximum atomic E-state index is 13.2. The van der Waals surface area contributed by atoms with E-state index in [2.05, 4.69) is 5.32 Å². The molecular formula is C28H24Cl2N2O5S2. The molecule has 202 valence electrons. The average molecular weight is 604 g/mol. The van der Waals surface area contributed by atoms with Crippen molar-refractivity contribution in [2.24, 2.45) is 0 Å². The van der Waals surface area contributed by atoms with Gasteiger partial charge in [-0.2, -0.15) is 0 Å². The number of nitrogens with zero attached hydrogens (tertiary/aromatic N) is 1.